The molecular formula is C52H52BN. The van der Waals surface area contributed by atoms with E-state index in [2.05, 4.69) is 167 Å². The second-order valence-electron chi connectivity index (χ2n) is 18.1. The fraction of sp³-hybridized carbons (Fsp3) is 0.308. The predicted molar refractivity (Wildman–Crippen MR) is 231 cm³/mol. The number of para-hydroxylation sites is 2. The molecule has 4 aliphatic carbocycles. The molecular weight excluding hydrogens is 649 g/mol. The van der Waals surface area contributed by atoms with Crippen LogP contribution in [-0.4, -0.2) is 11.3 Å². The summed E-state index contributed by atoms with van der Waals surface area (Å²) < 4.78 is 2.46. The molecule has 4 fully saturated rings. The molecule has 11 rings (SSSR count). The van der Waals surface area contributed by atoms with E-state index in [4.69, 9.17) is 0 Å². The Balaban J connectivity index is 1.02. The van der Waals surface area contributed by atoms with Gasteiger partial charge in [0.2, 0.25) is 6.71 Å². The zero-order valence-electron chi connectivity index (χ0n) is 33.0. The summed E-state index contributed by atoms with van der Waals surface area (Å²) in [5.74, 6) is 1.62. The number of nitrogens with zero attached hydrogens (tertiary/aromatic N) is 1. The molecule has 54 heavy (non-hydrogen) atoms. The van der Waals surface area contributed by atoms with Crippen molar-refractivity contribution < 1.29 is 0 Å². The molecule has 7 aromatic rings. The minimum Gasteiger partial charge on any atom is -0.309 e. The minimum absolute atomic E-state index is 0.219. The van der Waals surface area contributed by atoms with Crippen LogP contribution in [0.5, 0.6) is 0 Å². The first-order valence-electron chi connectivity index (χ1n) is 20.5. The standard InChI is InChI=1S/C52H52BN/c1-33-23-35(3)49(36(4)24-33)53(50-37(5)25-34(2)26-38(50)6)43-19-15-41(16-20-43)51-28-39-27-40(29-51)31-52(30-39,32-51)42-17-21-44(22-18-42)54-47-13-9-7-11-45(47)46-12-8-10-14-48(46)54/h7-26,39-40H,27-32H2,1-6H3. The quantitative estimate of drug-likeness (QED) is 0.152. The number of aryl methyl sites for hydroxylation is 6. The SMILES string of the molecule is Cc1cc(C)c(B(c2ccc(C34CC5CC(C3)CC(c3ccc(-n6c7ccccc7c7ccccc76)cc3)(C5)C4)cc2)c2c(C)cc(C)cc2C)c(C)c1. The fourth-order valence-corrected chi connectivity index (χ4v) is 12.9. The third kappa shape index (κ3) is 5.20. The summed E-state index contributed by atoms with van der Waals surface area (Å²) in [6, 6.07) is 47.3. The first-order valence-corrected chi connectivity index (χ1v) is 20.5. The second-order valence-corrected chi connectivity index (χ2v) is 18.1. The Hall–Kier alpha value is -4.82. The number of aromatic nitrogens is 1. The molecule has 2 unspecified atom stereocenters. The van der Waals surface area contributed by atoms with Crippen molar-refractivity contribution in [2.75, 3.05) is 0 Å². The topological polar surface area (TPSA) is 4.93 Å². The van der Waals surface area contributed by atoms with Crippen molar-refractivity contribution in [1.29, 1.82) is 0 Å². The lowest BCUT2D eigenvalue weighted by Crippen LogP contribution is -2.57. The number of hydrogen-bond donors (Lipinski definition) is 0. The molecule has 0 saturated heterocycles. The van der Waals surface area contributed by atoms with Gasteiger partial charge in [0, 0.05) is 16.5 Å². The van der Waals surface area contributed by atoms with E-state index < -0.39 is 0 Å². The van der Waals surface area contributed by atoms with Crippen LogP contribution in [0.2, 0.25) is 0 Å². The van der Waals surface area contributed by atoms with Gasteiger partial charge in [0.1, 0.15) is 0 Å². The van der Waals surface area contributed by atoms with Crippen molar-refractivity contribution in [3.05, 3.63) is 166 Å². The molecule has 2 atom stereocenters. The van der Waals surface area contributed by atoms with Gasteiger partial charge in [-0.15, -0.1) is 0 Å². The number of hydrogen-bond acceptors (Lipinski definition) is 0. The maximum Gasteiger partial charge on any atom is 0.242 e. The Bertz CT molecular complexity index is 2410. The molecule has 0 aliphatic heterocycles. The van der Waals surface area contributed by atoms with Gasteiger partial charge in [-0.2, -0.15) is 0 Å². The molecule has 4 saturated carbocycles. The fourth-order valence-electron chi connectivity index (χ4n) is 12.9. The first kappa shape index (κ1) is 33.7. The summed E-state index contributed by atoms with van der Waals surface area (Å²) in [7, 11) is 0. The highest BCUT2D eigenvalue weighted by molar-refractivity contribution is 6.96. The second kappa shape index (κ2) is 12.4. The van der Waals surface area contributed by atoms with Crippen LogP contribution in [0.1, 0.15) is 83.0 Å². The highest BCUT2D eigenvalue weighted by Crippen LogP contribution is 2.66. The molecule has 1 heterocycles. The van der Waals surface area contributed by atoms with Crippen LogP contribution in [0.25, 0.3) is 27.5 Å². The van der Waals surface area contributed by atoms with Crippen LogP contribution in [0.3, 0.4) is 0 Å². The molecule has 2 heteroatoms. The molecule has 268 valence electrons. The number of fused-ring (bicyclic) bond motifs is 3. The zero-order valence-corrected chi connectivity index (χ0v) is 33.0. The van der Waals surface area contributed by atoms with Crippen LogP contribution in [-0.2, 0) is 10.8 Å². The van der Waals surface area contributed by atoms with Crippen molar-refractivity contribution in [2.45, 2.75) is 90.9 Å². The molecule has 0 amide bonds. The smallest absolute Gasteiger partial charge is 0.242 e. The van der Waals surface area contributed by atoms with E-state index >= 15 is 0 Å². The van der Waals surface area contributed by atoms with Gasteiger partial charge in [0.15, 0.2) is 0 Å². The van der Waals surface area contributed by atoms with Gasteiger partial charge in [-0.05, 0) is 138 Å². The van der Waals surface area contributed by atoms with E-state index in [-0.39, 0.29) is 17.5 Å². The van der Waals surface area contributed by atoms with E-state index in [9.17, 15) is 0 Å². The van der Waals surface area contributed by atoms with Crippen molar-refractivity contribution in [1.82, 2.24) is 4.57 Å². The Labute approximate surface area is 322 Å². The summed E-state index contributed by atoms with van der Waals surface area (Å²) in [5.41, 5.74) is 20.1. The van der Waals surface area contributed by atoms with Gasteiger partial charge in [-0.25, -0.2) is 0 Å². The average Bonchev–Trinajstić information content (AvgIpc) is 3.47. The Morgan fingerprint density at radius 3 is 1.35 bits per heavy atom. The van der Waals surface area contributed by atoms with Gasteiger partial charge in [-0.3, -0.25) is 0 Å². The molecule has 0 N–H and O–H groups in total. The zero-order chi connectivity index (χ0) is 36.9. The molecule has 4 aliphatic rings. The summed E-state index contributed by atoms with van der Waals surface area (Å²) in [5, 5.41) is 2.65. The summed E-state index contributed by atoms with van der Waals surface area (Å²) in [4.78, 5) is 0. The molecule has 6 aromatic carbocycles. The third-order valence-corrected chi connectivity index (χ3v) is 14.3. The van der Waals surface area contributed by atoms with Crippen LogP contribution in [0, 0.1) is 53.4 Å². The highest BCUT2D eigenvalue weighted by atomic mass is 15.0. The molecule has 1 aromatic heterocycles. The van der Waals surface area contributed by atoms with Crippen molar-refractivity contribution in [3.8, 4) is 5.69 Å². The van der Waals surface area contributed by atoms with Crippen molar-refractivity contribution >= 4 is 44.9 Å². The van der Waals surface area contributed by atoms with Crippen LogP contribution in [0.15, 0.2) is 121 Å². The van der Waals surface area contributed by atoms with Gasteiger partial charge < -0.3 is 4.57 Å². The molecule has 1 nitrogen and oxygen atoms in total. The molecule has 0 spiro atoms. The van der Waals surface area contributed by atoms with Gasteiger partial charge in [0.05, 0.1) is 11.0 Å². The third-order valence-electron chi connectivity index (χ3n) is 14.3. The van der Waals surface area contributed by atoms with Crippen molar-refractivity contribution in [2.24, 2.45) is 11.8 Å². The van der Waals surface area contributed by atoms with E-state index in [0.717, 1.165) is 11.8 Å². The Morgan fingerprint density at radius 1 is 0.500 bits per heavy atom. The first-order chi connectivity index (χ1) is 26.1. The van der Waals surface area contributed by atoms with E-state index in [0.29, 0.717) is 0 Å². The highest BCUT2D eigenvalue weighted by Gasteiger charge is 2.58. The summed E-state index contributed by atoms with van der Waals surface area (Å²) in [6.07, 6.45) is 8.08. The lowest BCUT2D eigenvalue weighted by atomic mass is 9.34. The van der Waals surface area contributed by atoms with Crippen LogP contribution < -0.4 is 16.4 Å². The monoisotopic (exact) mass is 701 g/mol. The maximum atomic E-state index is 2.56. The van der Waals surface area contributed by atoms with E-state index in [1.54, 1.807) is 11.1 Å². The molecule has 4 bridgehead atoms. The summed E-state index contributed by atoms with van der Waals surface area (Å²) >= 11 is 0. The minimum atomic E-state index is 0.219. The Kier molecular flexibility index (Phi) is 7.72. The number of rotatable bonds is 6. The largest absolute Gasteiger partial charge is 0.309 e. The lowest BCUT2D eigenvalue weighted by Gasteiger charge is -2.63. The summed E-state index contributed by atoms with van der Waals surface area (Å²) in [6.45, 7) is 14.0. The predicted octanol–water partition coefficient (Wildman–Crippen LogP) is 10.9. The number of benzene rings is 6. The van der Waals surface area contributed by atoms with Gasteiger partial charge >= 0.3 is 0 Å². The normalized spacial score (nSPS) is 23.1. The van der Waals surface area contributed by atoms with E-state index in [1.807, 2.05) is 0 Å². The maximum absolute atomic E-state index is 2.56. The lowest BCUT2D eigenvalue weighted by molar-refractivity contribution is -0.0281. The average molecular weight is 702 g/mol. The van der Waals surface area contributed by atoms with E-state index in [1.165, 1.54) is 116 Å². The Morgan fingerprint density at radius 2 is 0.907 bits per heavy atom. The van der Waals surface area contributed by atoms with Gasteiger partial charge in [-0.1, -0.05) is 147 Å². The van der Waals surface area contributed by atoms with Crippen LogP contribution >= 0.6 is 0 Å². The van der Waals surface area contributed by atoms with Crippen LogP contribution in [0.4, 0.5) is 0 Å². The van der Waals surface area contributed by atoms with Gasteiger partial charge in [0.25, 0.3) is 0 Å². The van der Waals surface area contributed by atoms with Crippen molar-refractivity contribution in [3.63, 3.8) is 0 Å². The molecule has 0 radical (unpaired) electrons.